The molecule has 1 aromatic carbocycles. The molecule has 0 aliphatic rings. The minimum atomic E-state index is -4.50. The van der Waals surface area contributed by atoms with Gasteiger partial charge in [-0.25, -0.2) is 13.8 Å². The average molecular weight is 469 g/mol. The van der Waals surface area contributed by atoms with Crippen LogP contribution < -0.4 is 4.74 Å². The topological polar surface area (TPSA) is 35.0 Å². The molecular weight excluding hydrogens is 439 g/mol. The van der Waals surface area contributed by atoms with E-state index in [1.165, 1.54) is 24.5 Å². The van der Waals surface area contributed by atoms with Gasteiger partial charge in [0.15, 0.2) is 0 Å². The molecule has 0 saturated carbocycles. The van der Waals surface area contributed by atoms with Crippen molar-refractivity contribution in [2.24, 2.45) is 11.8 Å². The van der Waals surface area contributed by atoms with Gasteiger partial charge >= 0.3 is 6.18 Å². The number of halogens is 5. The minimum absolute atomic E-state index is 0.119. The maximum atomic E-state index is 13.7. The average Bonchev–Trinajstić information content (AvgIpc) is 2.77. The summed E-state index contributed by atoms with van der Waals surface area (Å²) in [4.78, 5) is 8.08. The molecule has 2 heterocycles. The highest BCUT2D eigenvalue weighted by Gasteiger charge is 2.30. The predicted octanol–water partition coefficient (Wildman–Crippen LogP) is 8.34. The van der Waals surface area contributed by atoms with Crippen LogP contribution >= 0.6 is 0 Å². The summed E-state index contributed by atoms with van der Waals surface area (Å²) in [5.74, 6) is 0.507. The van der Waals surface area contributed by atoms with Crippen LogP contribution in [0.4, 0.5) is 22.0 Å². The van der Waals surface area contributed by atoms with E-state index in [0.29, 0.717) is 22.4 Å². The van der Waals surface area contributed by atoms with Gasteiger partial charge in [0.25, 0.3) is 6.43 Å². The van der Waals surface area contributed by atoms with E-state index in [-0.39, 0.29) is 29.5 Å². The molecule has 1 unspecified atom stereocenters. The molecule has 33 heavy (non-hydrogen) atoms. The first kappa shape index (κ1) is 26.5. The van der Waals surface area contributed by atoms with Crippen molar-refractivity contribution in [1.29, 1.82) is 0 Å². The lowest BCUT2D eigenvalue weighted by atomic mass is 9.99. The highest BCUT2D eigenvalue weighted by atomic mass is 19.4. The Morgan fingerprint density at radius 1 is 0.970 bits per heavy atom. The van der Waals surface area contributed by atoms with Gasteiger partial charge in [0.1, 0.15) is 0 Å². The number of hydrogen-bond acceptors (Lipinski definition) is 3. The number of ether oxygens (including phenoxy) is 1. The molecule has 0 radical (unpaired) electrons. The lowest BCUT2D eigenvalue weighted by Crippen LogP contribution is -2.12. The zero-order valence-corrected chi connectivity index (χ0v) is 19.4. The van der Waals surface area contributed by atoms with Crippen LogP contribution in [-0.4, -0.2) is 16.6 Å². The van der Waals surface area contributed by atoms with E-state index < -0.39 is 18.2 Å². The Labute approximate surface area is 191 Å². The first-order chi connectivity index (χ1) is 15.6. The molecule has 0 amide bonds. The Hall–Kier alpha value is -2.77. The van der Waals surface area contributed by atoms with Crippen LogP contribution in [0.15, 0.2) is 42.7 Å². The van der Waals surface area contributed by atoms with Gasteiger partial charge in [0.2, 0.25) is 5.88 Å². The highest BCUT2D eigenvalue weighted by Crippen LogP contribution is 2.36. The normalized spacial score (nSPS) is 12.6. The summed E-state index contributed by atoms with van der Waals surface area (Å²) in [5, 5.41) is 0.414. The van der Waals surface area contributed by atoms with Crippen LogP contribution in [0.1, 0.15) is 58.6 Å². The fourth-order valence-electron chi connectivity index (χ4n) is 3.56. The first-order valence-corrected chi connectivity index (χ1v) is 10.9. The molecular formula is C25H29F5N2O. The molecule has 0 aliphatic carbocycles. The van der Waals surface area contributed by atoms with E-state index in [1.54, 1.807) is 6.07 Å². The molecule has 0 fully saturated rings. The van der Waals surface area contributed by atoms with E-state index in [2.05, 4.69) is 23.8 Å². The summed E-state index contributed by atoms with van der Waals surface area (Å²) < 4.78 is 71.9. The summed E-state index contributed by atoms with van der Waals surface area (Å²) in [5.41, 5.74) is -0.243. The minimum Gasteiger partial charge on any atom is -0.477 e. The number of rotatable bonds is 7. The molecule has 2 aromatic heterocycles. The summed E-state index contributed by atoms with van der Waals surface area (Å²) in [6.07, 6.45) is -3.68. The fraction of sp³-hybridized carbons (Fsp3) is 0.440. The number of aromatic nitrogens is 2. The van der Waals surface area contributed by atoms with Gasteiger partial charge in [-0.3, -0.25) is 4.98 Å². The molecule has 0 N–H and O–H groups in total. The van der Waals surface area contributed by atoms with Crippen LogP contribution in [0.2, 0.25) is 0 Å². The van der Waals surface area contributed by atoms with Crippen molar-refractivity contribution in [1.82, 2.24) is 9.97 Å². The summed E-state index contributed by atoms with van der Waals surface area (Å²) in [6.45, 7) is 10.4. The quantitative estimate of drug-likeness (QED) is 0.327. The van der Waals surface area contributed by atoms with Crippen molar-refractivity contribution in [2.75, 3.05) is 6.61 Å². The lowest BCUT2D eigenvalue weighted by molar-refractivity contribution is -0.137. The molecule has 0 spiro atoms. The Bertz CT molecular complexity index is 1050. The third kappa shape index (κ3) is 6.85. The van der Waals surface area contributed by atoms with Crippen molar-refractivity contribution in [2.45, 2.75) is 53.6 Å². The lowest BCUT2D eigenvalue weighted by Gasteiger charge is -2.17. The van der Waals surface area contributed by atoms with Crippen molar-refractivity contribution >= 4 is 10.9 Å². The fourth-order valence-corrected chi connectivity index (χ4v) is 3.56. The van der Waals surface area contributed by atoms with Gasteiger partial charge in [0, 0.05) is 23.3 Å². The van der Waals surface area contributed by atoms with Gasteiger partial charge < -0.3 is 4.74 Å². The molecule has 180 valence electrons. The Morgan fingerprint density at radius 3 is 2.27 bits per heavy atom. The van der Waals surface area contributed by atoms with E-state index in [9.17, 15) is 22.0 Å². The van der Waals surface area contributed by atoms with Crippen molar-refractivity contribution in [3.05, 3.63) is 53.9 Å². The van der Waals surface area contributed by atoms with Crippen LogP contribution in [0, 0.1) is 11.8 Å². The van der Waals surface area contributed by atoms with Gasteiger partial charge in [0.05, 0.1) is 23.3 Å². The van der Waals surface area contributed by atoms with E-state index in [0.717, 1.165) is 18.6 Å². The van der Waals surface area contributed by atoms with E-state index in [4.69, 9.17) is 4.74 Å². The SMILES string of the molecule is CC.CC(C)CC(C)COc1ncc(-c2ccnc3cc(C(F)(F)F)ccc23)cc1C(F)F. The summed E-state index contributed by atoms with van der Waals surface area (Å²) >= 11 is 0. The van der Waals surface area contributed by atoms with Crippen LogP contribution in [-0.2, 0) is 6.18 Å². The summed E-state index contributed by atoms with van der Waals surface area (Å²) in [6, 6.07) is 6.01. The van der Waals surface area contributed by atoms with Gasteiger partial charge in [-0.1, -0.05) is 40.7 Å². The Morgan fingerprint density at radius 2 is 1.67 bits per heavy atom. The molecule has 0 bridgehead atoms. The molecule has 1 atom stereocenters. The zero-order chi connectivity index (χ0) is 24.8. The number of nitrogens with zero attached hydrogens (tertiary/aromatic N) is 2. The monoisotopic (exact) mass is 468 g/mol. The van der Waals surface area contributed by atoms with Crippen molar-refractivity contribution in [3.63, 3.8) is 0 Å². The number of hydrogen-bond donors (Lipinski definition) is 0. The number of benzene rings is 1. The Balaban J connectivity index is 0.00000187. The van der Waals surface area contributed by atoms with Crippen molar-refractivity contribution in [3.8, 4) is 17.0 Å². The highest BCUT2D eigenvalue weighted by molar-refractivity contribution is 5.94. The molecule has 0 aliphatic heterocycles. The molecule has 0 saturated heterocycles. The predicted molar refractivity (Wildman–Crippen MR) is 120 cm³/mol. The summed E-state index contributed by atoms with van der Waals surface area (Å²) in [7, 11) is 0. The van der Waals surface area contributed by atoms with Crippen molar-refractivity contribution < 1.29 is 26.7 Å². The number of alkyl halides is 5. The van der Waals surface area contributed by atoms with Gasteiger partial charge in [-0.2, -0.15) is 13.2 Å². The van der Waals surface area contributed by atoms with Crippen LogP contribution in [0.25, 0.3) is 22.0 Å². The Kier molecular flexibility index (Phi) is 9.14. The second-order valence-corrected chi connectivity index (χ2v) is 8.05. The van der Waals surface area contributed by atoms with E-state index in [1.807, 2.05) is 20.8 Å². The maximum absolute atomic E-state index is 13.7. The smallest absolute Gasteiger partial charge is 0.416 e. The first-order valence-electron chi connectivity index (χ1n) is 10.9. The molecule has 3 nitrogen and oxygen atoms in total. The second-order valence-electron chi connectivity index (χ2n) is 8.05. The molecule has 8 heteroatoms. The van der Waals surface area contributed by atoms with Crippen LogP contribution in [0.5, 0.6) is 5.88 Å². The second kappa shape index (κ2) is 11.4. The number of fused-ring (bicyclic) bond motifs is 1. The van der Waals surface area contributed by atoms with Gasteiger partial charge in [-0.15, -0.1) is 0 Å². The van der Waals surface area contributed by atoms with E-state index >= 15 is 0 Å². The van der Waals surface area contributed by atoms with Gasteiger partial charge in [-0.05, 0) is 48.1 Å². The third-order valence-electron chi connectivity index (χ3n) is 4.87. The zero-order valence-electron chi connectivity index (χ0n) is 19.4. The standard InChI is InChI=1S/C23H23F5N2O.C2H6/c1-13(2)8-14(3)12-31-22-19(21(24)25)9-15(11-30-22)17-6-7-29-20-10-16(23(26,27)28)4-5-18(17)20;1-2/h4-7,9-11,13-14,21H,8,12H2,1-3H3;1-2H3. The largest absolute Gasteiger partial charge is 0.477 e. The molecule has 3 aromatic rings. The molecule has 3 rings (SSSR count). The maximum Gasteiger partial charge on any atom is 0.416 e. The number of pyridine rings is 2. The third-order valence-corrected chi connectivity index (χ3v) is 4.87. The van der Waals surface area contributed by atoms with Crippen LogP contribution in [0.3, 0.4) is 0 Å².